The average molecular weight is 308 g/mol. The van der Waals surface area contributed by atoms with E-state index in [-0.39, 0.29) is 22.7 Å². The van der Waals surface area contributed by atoms with Crippen LogP contribution in [-0.2, 0) is 0 Å². The van der Waals surface area contributed by atoms with Crippen LogP contribution in [0.1, 0.15) is 20.3 Å². The van der Waals surface area contributed by atoms with Crippen LogP contribution in [0.15, 0.2) is 22.7 Å². The zero-order chi connectivity index (χ0) is 11.9. The second kappa shape index (κ2) is 4.19. The molecule has 0 spiro atoms. The monoisotopic (exact) mass is 306 g/mol. The summed E-state index contributed by atoms with van der Waals surface area (Å²) in [5.41, 5.74) is -0.0324. The smallest absolute Gasteiger partial charge is 0.134 e. The lowest BCUT2D eigenvalue weighted by Crippen LogP contribution is -2.53. The minimum atomic E-state index is -0.276. The number of hydrogen-bond donors (Lipinski definition) is 0. The molecular formula is C12H13BrClFO. The van der Waals surface area contributed by atoms with Crippen molar-refractivity contribution < 1.29 is 9.13 Å². The minimum Gasteiger partial charge on any atom is -0.489 e. The van der Waals surface area contributed by atoms with Crippen molar-refractivity contribution in [2.75, 3.05) is 0 Å². The van der Waals surface area contributed by atoms with Gasteiger partial charge in [0.1, 0.15) is 17.7 Å². The maximum absolute atomic E-state index is 12.9. The van der Waals surface area contributed by atoms with Crippen LogP contribution >= 0.6 is 27.5 Å². The molecular weight excluding hydrogens is 294 g/mol. The molecule has 0 aliphatic heterocycles. The summed E-state index contributed by atoms with van der Waals surface area (Å²) in [6.45, 7) is 4.16. The van der Waals surface area contributed by atoms with E-state index >= 15 is 0 Å². The highest BCUT2D eigenvalue weighted by Gasteiger charge is 2.49. The molecule has 0 radical (unpaired) electrons. The predicted octanol–water partition coefficient (Wildman–Crippen LogP) is 4.37. The van der Waals surface area contributed by atoms with Gasteiger partial charge in [-0.1, -0.05) is 13.8 Å². The largest absolute Gasteiger partial charge is 0.489 e. The van der Waals surface area contributed by atoms with Gasteiger partial charge in [0.25, 0.3) is 0 Å². The van der Waals surface area contributed by atoms with Gasteiger partial charge in [0.2, 0.25) is 0 Å². The molecule has 1 aliphatic carbocycles. The zero-order valence-corrected chi connectivity index (χ0v) is 11.5. The molecule has 88 valence electrons. The molecule has 1 aromatic rings. The Hall–Kier alpha value is -0.280. The standard InChI is InChI=1S/C12H13BrClFO/c1-12(2)10(14)6-11(12)16-9-4-3-7(15)5-8(9)13/h3-5,10-11H,6H2,1-2H3. The molecule has 1 saturated carbocycles. The first-order valence-corrected chi connectivity index (χ1v) is 6.40. The normalized spacial score (nSPS) is 27.3. The summed E-state index contributed by atoms with van der Waals surface area (Å²) in [6.07, 6.45) is 0.926. The number of alkyl halides is 1. The highest BCUT2D eigenvalue weighted by molar-refractivity contribution is 9.10. The summed E-state index contributed by atoms with van der Waals surface area (Å²) in [4.78, 5) is 0. The lowest BCUT2D eigenvalue weighted by atomic mass is 9.68. The van der Waals surface area contributed by atoms with E-state index in [1.54, 1.807) is 6.07 Å². The van der Waals surface area contributed by atoms with Crippen LogP contribution in [-0.4, -0.2) is 11.5 Å². The van der Waals surface area contributed by atoms with Crippen LogP contribution < -0.4 is 4.74 Å². The second-order valence-electron chi connectivity index (χ2n) is 4.71. The molecule has 0 saturated heterocycles. The van der Waals surface area contributed by atoms with E-state index in [1.165, 1.54) is 12.1 Å². The van der Waals surface area contributed by atoms with Gasteiger partial charge in [-0.25, -0.2) is 4.39 Å². The lowest BCUT2D eigenvalue weighted by molar-refractivity contribution is -0.0135. The molecule has 1 fully saturated rings. The Bertz CT molecular complexity index is 408. The molecule has 2 unspecified atom stereocenters. The van der Waals surface area contributed by atoms with Gasteiger partial charge in [-0.2, -0.15) is 0 Å². The van der Waals surface area contributed by atoms with Crippen molar-refractivity contribution in [1.29, 1.82) is 0 Å². The summed E-state index contributed by atoms with van der Waals surface area (Å²) >= 11 is 9.40. The van der Waals surface area contributed by atoms with Crippen LogP contribution in [0.25, 0.3) is 0 Å². The number of benzene rings is 1. The summed E-state index contributed by atoms with van der Waals surface area (Å²) in [5, 5.41) is 0.150. The topological polar surface area (TPSA) is 9.23 Å². The fourth-order valence-electron chi connectivity index (χ4n) is 1.76. The molecule has 1 aliphatic rings. The Morgan fingerprint density at radius 3 is 2.69 bits per heavy atom. The van der Waals surface area contributed by atoms with Gasteiger partial charge in [-0.3, -0.25) is 0 Å². The molecule has 4 heteroatoms. The van der Waals surface area contributed by atoms with Gasteiger partial charge in [-0.05, 0) is 34.1 Å². The quantitative estimate of drug-likeness (QED) is 0.737. The van der Waals surface area contributed by atoms with E-state index in [0.717, 1.165) is 6.42 Å². The summed E-state index contributed by atoms with van der Waals surface area (Å²) in [5.74, 6) is 0.394. The molecule has 0 amide bonds. The first-order chi connectivity index (χ1) is 7.41. The van der Waals surface area contributed by atoms with Crippen molar-refractivity contribution in [3.63, 3.8) is 0 Å². The molecule has 0 heterocycles. The van der Waals surface area contributed by atoms with Crippen molar-refractivity contribution in [2.24, 2.45) is 5.41 Å². The van der Waals surface area contributed by atoms with Crippen LogP contribution in [0.2, 0.25) is 0 Å². The fourth-order valence-corrected chi connectivity index (χ4v) is 2.51. The Kier molecular flexibility index (Phi) is 3.19. The third-order valence-electron chi connectivity index (χ3n) is 3.22. The van der Waals surface area contributed by atoms with Gasteiger partial charge in [0.05, 0.1) is 4.47 Å². The van der Waals surface area contributed by atoms with Crippen LogP contribution in [0, 0.1) is 11.2 Å². The van der Waals surface area contributed by atoms with E-state index in [4.69, 9.17) is 16.3 Å². The summed E-state index contributed by atoms with van der Waals surface area (Å²) < 4.78 is 19.4. The van der Waals surface area contributed by atoms with E-state index in [1.807, 2.05) is 0 Å². The third-order valence-corrected chi connectivity index (χ3v) is 4.58. The van der Waals surface area contributed by atoms with Gasteiger partial charge < -0.3 is 4.74 Å². The molecule has 1 nitrogen and oxygen atoms in total. The van der Waals surface area contributed by atoms with Crippen LogP contribution in [0.4, 0.5) is 4.39 Å². The first kappa shape index (κ1) is 12.2. The van der Waals surface area contributed by atoms with Crippen molar-refractivity contribution in [3.8, 4) is 5.75 Å². The van der Waals surface area contributed by atoms with Gasteiger partial charge in [0.15, 0.2) is 0 Å². The summed E-state index contributed by atoms with van der Waals surface area (Å²) in [7, 11) is 0. The first-order valence-electron chi connectivity index (χ1n) is 5.17. The maximum Gasteiger partial charge on any atom is 0.134 e. The predicted molar refractivity (Wildman–Crippen MR) is 66.6 cm³/mol. The van der Waals surface area contributed by atoms with Gasteiger partial charge >= 0.3 is 0 Å². The maximum atomic E-state index is 12.9. The Morgan fingerprint density at radius 1 is 1.50 bits per heavy atom. The number of rotatable bonds is 2. The SMILES string of the molecule is CC1(C)C(Cl)CC1Oc1ccc(F)cc1Br. The molecule has 2 atom stereocenters. The van der Waals surface area contributed by atoms with Crippen LogP contribution in [0.5, 0.6) is 5.75 Å². The molecule has 1 aromatic carbocycles. The molecule has 0 N–H and O–H groups in total. The van der Waals surface area contributed by atoms with Crippen molar-refractivity contribution in [2.45, 2.75) is 31.7 Å². The fraction of sp³-hybridized carbons (Fsp3) is 0.500. The minimum absolute atomic E-state index is 0.0324. The van der Waals surface area contributed by atoms with Crippen molar-refractivity contribution in [1.82, 2.24) is 0 Å². The Labute approximate surface area is 108 Å². The lowest BCUT2D eigenvalue weighted by Gasteiger charge is -2.48. The Morgan fingerprint density at radius 2 is 2.19 bits per heavy atom. The van der Waals surface area contributed by atoms with E-state index in [0.29, 0.717) is 10.2 Å². The van der Waals surface area contributed by atoms with Gasteiger partial charge in [-0.15, -0.1) is 11.6 Å². The van der Waals surface area contributed by atoms with Crippen molar-refractivity contribution in [3.05, 3.63) is 28.5 Å². The van der Waals surface area contributed by atoms with E-state index in [2.05, 4.69) is 29.8 Å². The highest BCUT2D eigenvalue weighted by atomic mass is 79.9. The number of halogens is 3. The van der Waals surface area contributed by atoms with Gasteiger partial charge in [0, 0.05) is 17.2 Å². The molecule has 16 heavy (non-hydrogen) atoms. The van der Waals surface area contributed by atoms with Crippen molar-refractivity contribution >= 4 is 27.5 Å². The number of ether oxygens (including phenoxy) is 1. The molecule has 0 aromatic heterocycles. The zero-order valence-electron chi connectivity index (χ0n) is 9.14. The third kappa shape index (κ3) is 2.07. The Balaban J connectivity index is 2.11. The van der Waals surface area contributed by atoms with E-state index in [9.17, 15) is 4.39 Å². The molecule has 2 rings (SSSR count). The van der Waals surface area contributed by atoms with Crippen LogP contribution in [0.3, 0.4) is 0 Å². The molecule has 0 bridgehead atoms. The number of hydrogen-bond acceptors (Lipinski definition) is 1. The average Bonchev–Trinajstić information content (AvgIpc) is 2.21. The van der Waals surface area contributed by atoms with E-state index < -0.39 is 0 Å². The highest BCUT2D eigenvalue weighted by Crippen LogP contribution is 2.47. The second-order valence-corrected chi connectivity index (χ2v) is 6.09. The summed E-state index contributed by atoms with van der Waals surface area (Å²) in [6, 6.07) is 4.43.